The van der Waals surface area contributed by atoms with E-state index in [2.05, 4.69) is 0 Å². The zero-order valence-corrected chi connectivity index (χ0v) is 13.5. The molecular formula is C17H25NO3. The number of carboxylic acids is 1. The number of nitrogens with zero attached hydrogens (tertiary/aromatic N) is 1. The molecule has 4 heteroatoms. The summed E-state index contributed by atoms with van der Waals surface area (Å²) in [5.41, 5.74) is 1.31. The first-order valence-corrected chi connectivity index (χ1v) is 7.31. The quantitative estimate of drug-likeness (QED) is 0.905. The Balaban J connectivity index is 3.24. The van der Waals surface area contributed by atoms with E-state index >= 15 is 0 Å². The summed E-state index contributed by atoms with van der Waals surface area (Å²) in [5, 5.41) is 9.15. The summed E-state index contributed by atoms with van der Waals surface area (Å²) in [6.45, 7) is 9.38. The van der Waals surface area contributed by atoms with Gasteiger partial charge in [-0.2, -0.15) is 0 Å². The first-order chi connectivity index (χ1) is 9.68. The van der Waals surface area contributed by atoms with Crippen LogP contribution in [-0.4, -0.2) is 23.5 Å². The molecule has 1 N–H and O–H groups in total. The maximum Gasteiger partial charge on any atom is 0.308 e. The van der Waals surface area contributed by atoms with E-state index in [1.54, 1.807) is 11.8 Å². The third-order valence-corrected chi connectivity index (χ3v) is 3.43. The van der Waals surface area contributed by atoms with Crippen LogP contribution in [0.25, 0.3) is 0 Å². The van der Waals surface area contributed by atoms with Crippen LogP contribution in [0.2, 0.25) is 0 Å². The van der Waals surface area contributed by atoms with Gasteiger partial charge in [-0.05, 0) is 18.1 Å². The average molecular weight is 291 g/mol. The van der Waals surface area contributed by atoms with Crippen LogP contribution >= 0.6 is 0 Å². The van der Waals surface area contributed by atoms with Gasteiger partial charge in [-0.25, -0.2) is 0 Å². The van der Waals surface area contributed by atoms with Crippen molar-refractivity contribution in [3.8, 4) is 0 Å². The van der Waals surface area contributed by atoms with Crippen molar-refractivity contribution in [3.63, 3.8) is 0 Å². The van der Waals surface area contributed by atoms with E-state index in [1.807, 2.05) is 52.0 Å². The molecule has 1 amide bonds. The molecule has 0 aliphatic heterocycles. The predicted molar refractivity (Wildman–Crippen MR) is 84.4 cm³/mol. The van der Waals surface area contributed by atoms with Gasteiger partial charge < -0.3 is 10.0 Å². The number of aryl methyl sites for hydroxylation is 1. The van der Waals surface area contributed by atoms with Gasteiger partial charge in [-0.15, -0.1) is 0 Å². The van der Waals surface area contributed by atoms with E-state index in [4.69, 9.17) is 5.11 Å². The number of carbonyl (C=O) groups excluding carboxylic acids is 1. The van der Waals surface area contributed by atoms with Gasteiger partial charge in [0.2, 0.25) is 5.91 Å². The van der Waals surface area contributed by atoms with Crippen LogP contribution in [0.15, 0.2) is 24.3 Å². The van der Waals surface area contributed by atoms with Gasteiger partial charge in [0.25, 0.3) is 0 Å². The van der Waals surface area contributed by atoms with Gasteiger partial charge in [-0.1, -0.05) is 52.8 Å². The van der Waals surface area contributed by atoms with Crippen LogP contribution < -0.4 is 4.90 Å². The van der Waals surface area contributed by atoms with Crippen molar-refractivity contribution >= 4 is 17.6 Å². The molecule has 0 aliphatic carbocycles. The SMILES string of the molecule is CCc1ccccc1N(CC(C)C(=O)O)C(=O)C(C)(C)C. The molecule has 0 bridgehead atoms. The summed E-state index contributed by atoms with van der Waals surface area (Å²) in [6.07, 6.45) is 0.797. The van der Waals surface area contributed by atoms with Gasteiger partial charge in [0.15, 0.2) is 0 Å². The second-order valence-electron chi connectivity index (χ2n) is 6.39. The lowest BCUT2D eigenvalue weighted by Gasteiger charge is -2.32. The Hall–Kier alpha value is -1.84. The van der Waals surface area contributed by atoms with Crippen LogP contribution in [0.3, 0.4) is 0 Å². The predicted octanol–water partition coefficient (Wildman–Crippen LogP) is 3.35. The third kappa shape index (κ3) is 4.31. The Labute approximate surface area is 126 Å². The van der Waals surface area contributed by atoms with Crippen molar-refractivity contribution in [1.82, 2.24) is 0 Å². The molecule has 0 saturated heterocycles. The van der Waals surface area contributed by atoms with Gasteiger partial charge in [0, 0.05) is 17.6 Å². The number of rotatable bonds is 5. The lowest BCUT2D eigenvalue weighted by Crippen LogP contribution is -2.43. The molecule has 1 unspecified atom stereocenters. The van der Waals surface area contributed by atoms with E-state index < -0.39 is 17.3 Å². The van der Waals surface area contributed by atoms with Crippen molar-refractivity contribution in [2.24, 2.45) is 11.3 Å². The molecule has 0 spiro atoms. The van der Waals surface area contributed by atoms with Crippen LogP contribution in [0, 0.1) is 11.3 Å². The number of anilines is 1. The average Bonchev–Trinajstić information content (AvgIpc) is 2.42. The van der Waals surface area contributed by atoms with Crippen LogP contribution in [-0.2, 0) is 16.0 Å². The minimum atomic E-state index is -0.893. The fourth-order valence-corrected chi connectivity index (χ4v) is 2.12. The minimum Gasteiger partial charge on any atom is -0.481 e. The molecule has 1 rings (SSSR count). The lowest BCUT2D eigenvalue weighted by molar-refractivity contribution is -0.140. The number of carbonyl (C=O) groups is 2. The summed E-state index contributed by atoms with van der Waals surface area (Å²) in [4.78, 5) is 25.5. The highest BCUT2D eigenvalue weighted by Gasteiger charge is 2.31. The molecule has 116 valence electrons. The van der Waals surface area contributed by atoms with Crippen molar-refractivity contribution in [3.05, 3.63) is 29.8 Å². The van der Waals surface area contributed by atoms with E-state index in [1.165, 1.54) is 0 Å². The number of hydrogen-bond donors (Lipinski definition) is 1. The molecule has 0 radical (unpaired) electrons. The van der Waals surface area contributed by atoms with Crippen molar-refractivity contribution in [1.29, 1.82) is 0 Å². The Kier molecular flexibility index (Phi) is 5.53. The maximum absolute atomic E-state index is 12.7. The topological polar surface area (TPSA) is 57.6 Å². The summed E-state index contributed by atoms with van der Waals surface area (Å²) in [5.74, 6) is -1.56. The third-order valence-electron chi connectivity index (χ3n) is 3.43. The zero-order chi connectivity index (χ0) is 16.2. The normalized spacial score (nSPS) is 12.8. The monoisotopic (exact) mass is 291 g/mol. The lowest BCUT2D eigenvalue weighted by atomic mass is 9.93. The minimum absolute atomic E-state index is 0.0588. The molecule has 1 atom stereocenters. The summed E-state index contributed by atoms with van der Waals surface area (Å²) < 4.78 is 0. The highest BCUT2D eigenvalue weighted by molar-refractivity contribution is 5.98. The molecule has 21 heavy (non-hydrogen) atoms. The number of hydrogen-bond acceptors (Lipinski definition) is 2. The van der Waals surface area contributed by atoms with Crippen LogP contribution in [0.4, 0.5) is 5.69 Å². The number of amides is 1. The van der Waals surface area contributed by atoms with E-state index in [0.29, 0.717) is 0 Å². The fourth-order valence-electron chi connectivity index (χ4n) is 2.12. The Bertz CT molecular complexity index is 517. The first kappa shape index (κ1) is 17.2. The Morgan fingerprint density at radius 1 is 1.24 bits per heavy atom. The standard InChI is InChI=1S/C17H25NO3/c1-6-13-9-7-8-10-14(13)18(11-12(2)15(19)20)16(21)17(3,4)5/h7-10,12H,6,11H2,1-5H3,(H,19,20). The van der Waals surface area contributed by atoms with Gasteiger partial charge >= 0.3 is 5.97 Å². The van der Waals surface area contributed by atoms with Crippen LogP contribution in [0.5, 0.6) is 0 Å². The number of aliphatic carboxylic acids is 1. The van der Waals surface area contributed by atoms with Crippen LogP contribution in [0.1, 0.15) is 40.2 Å². The van der Waals surface area contributed by atoms with Crippen molar-refractivity contribution in [2.75, 3.05) is 11.4 Å². The van der Waals surface area contributed by atoms with E-state index in [-0.39, 0.29) is 12.5 Å². The number of para-hydroxylation sites is 1. The first-order valence-electron chi connectivity index (χ1n) is 7.31. The summed E-state index contributed by atoms with van der Waals surface area (Å²) in [6, 6.07) is 7.67. The number of benzene rings is 1. The van der Waals surface area contributed by atoms with Crippen molar-refractivity contribution < 1.29 is 14.7 Å². The molecule has 4 nitrogen and oxygen atoms in total. The number of carboxylic acid groups (broad SMARTS) is 1. The molecule has 0 fully saturated rings. The van der Waals surface area contributed by atoms with E-state index in [0.717, 1.165) is 17.7 Å². The largest absolute Gasteiger partial charge is 0.481 e. The van der Waals surface area contributed by atoms with Gasteiger partial charge in [0.05, 0.1) is 5.92 Å². The molecular weight excluding hydrogens is 266 g/mol. The summed E-state index contributed by atoms with van der Waals surface area (Å²) in [7, 11) is 0. The highest BCUT2D eigenvalue weighted by Crippen LogP contribution is 2.27. The molecule has 0 aromatic heterocycles. The molecule has 1 aromatic carbocycles. The molecule has 0 heterocycles. The second-order valence-corrected chi connectivity index (χ2v) is 6.39. The highest BCUT2D eigenvalue weighted by atomic mass is 16.4. The van der Waals surface area contributed by atoms with E-state index in [9.17, 15) is 9.59 Å². The van der Waals surface area contributed by atoms with Gasteiger partial charge in [-0.3, -0.25) is 9.59 Å². The molecule has 0 aliphatic rings. The van der Waals surface area contributed by atoms with Crippen molar-refractivity contribution in [2.45, 2.75) is 41.0 Å². The molecule has 1 aromatic rings. The Morgan fingerprint density at radius 3 is 2.29 bits per heavy atom. The maximum atomic E-state index is 12.7. The zero-order valence-electron chi connectivity index (χ0n) is 13.5. The second kappa shape index (κ2) is 6.74. The van der Waals surface area contributed by atoms with Gasteiger partial charge in [0.1, 0.15) is 0 Å². The summed E-state index contributed by atoms with van der Waals surface area (Å²) >= 11 is 0. The molecule has 0 saturated carbocycles. The Morgan fingerprint density at radius 2 is 1.81 bits per heavy atom. The fraction of sp³-hybridized carbons (Fsp3) is 0.529. The smallest absolute Gasteiger partial charge is 0.308 e.